The fourth-order valence-corrected chi connectivity index (χ4v) is 2.45. The standard InChI is InChI=1S/C15H20N2OS/c1-11(2)18-15-7-5-4-6-14(15)12(3)16-8-13-9-19-10-17-13/h4-7,9-12,16H,8H2,1-3H3. The van der Waals surface area contributed by atoms with Crippen molar-refractivity contribution in [1.82, 2.24) is 10.3 Å². The molecule has 4 heteroatoms. The van der Waals surface area contributed by atoms with Gasteiger partial charge in [-0.2, -0.15) is 0 Å². The van der Waals surface area contributed by atoms with Gasteiger partial charge < -0.3 is 10.1 Å². The average Bonchev–Trinajstić information content (AvgIpc) is 2.89. The first-order valence-corrected chi connectivity index (χ1v) is 7.47. The quantitative estimate of drug-likeness (QED) is 0.872. The predicted molar refractivity (Wildman–Crippen MR) is 79.6 cm³/mol. The average molecular weight is 276 g/mol. The monoisotopic (exact) mass is 276 g/mol. The highest BCUT2D eigenvalue weighted by Gasteiger charge is 2.12. The first kappa shape index (κ1) is 14.0. The Hall–Kier alpha value is -1.39. The first-order chi connectivity index (χ1) is 9.16. The van der Waals surface area contributed by atoms with Crippen molar-refractivity contribution in [2.75, 3.05) is 0 Å². The lowest BCUT2D eigenvalue weighted by molar-refractivity contribution is 0.238. The van der Waals surface area contributed by atoms with Gasteiger partial charge in [-0.1, -0.05) is 18.2 Å². The van der Waals surface area contributed by atoms with Crippen LogP contribution in [-0.2, 0) is 6.54 Å². The molecule has 0 saturated carbocycles. The van der Waals surface area contributed by atoms with Crippen LogP contribution < -0.4 is 10.1 Å². The third-order valence-corrected chi connectivity index (χ3v) is 3.46. The molecule has 1 aromatic heterocycles. The molecule has 0 saturated heterocycles. The number of para-hydroxylation sites is 1. The van der Waals surface area contributed by atoms with Crippen LogP contribution in [0.25, 0.3) is 0 Å². The fraction of sp³-hybridized carbons (Fsp3) is 0.400. The minimum atomic E-state index is 0.187. The van der Waals surface area contributed by atoms with Crippen molar-refractivity contribution in [2.24, 2.45) is 0 Å². The molecule has 0 aliphatic carbocycles. The van der Waals surface area contributed by atoms with Gasteiger partial charge in [-0.05, 0) is 26.8 Å². The van der Waals surface area contributed by atoms with Gasteiger partial charge >= 0.3 is 0 Å². The molecule has 2 aromatic rings. The summed E-state index contributed by atoms with van der Waals surface area (Å²) < 4.78 is 5.85. The van der Waals surface area contributed by atoms with E-state index in [1.165, 1.54) is 5.56 Å². The lowest BCUT2D eigenvalue weighted by atomic mass is 10.1. The van der Waals surface area contributed by atoms with Gasteiger partial charge in [0.2, 0.25) is 0 Å². The summed E-state index contributed by atoms with van der Waals surface area (Å²) in [6.07, 6.45) is 0.187. The zero-order valence-electron chi connectivity index (χ0n) is 11.6. The summed E-state index contributed by atoms with van der Waals surface area (Å²) in [7, 11) is 0. The maximum Gasteiger partial charge on any atom is 0.124 e. The molecule has 0 fully saturated rings. The van der Waals surface area contributed by atoms with Crippen molar-refractivity contribution >= 4 is 11.3 Å². The number of rotatable bonds is 6. The Morgan fingerprint density at radius 3 is 2.74 bits per heavy atom. The molecule has 0 amide bonds. The van der Waals surface area contributed by atoms with E-state index in [1.807, 2.05) is 37.6 Å². The van der Waals surface area contributed by atoms with Gasteiger partial charge in [0.15, 0.2) is 0 Å². The Balaban J connectivity index is 2.03. The molecule has 0 bridgehead atoms. The van der Waals surface area contributed by atoms with Crippen molar-refractivity contribution < 1.29 is 4.74 Å². The third kappa shape index (κ3) is 4.04. The summed E-state index contributed by atoms with van der Waals surface area (Å²) in [5.41, 5.74) is 4.13. The summed E-state index contributed by atoms with van der Waals surface area (Å²) in [5.74, 6) is 0.954. The van der Waals surface area contributed by atoms with Crippen LogP contribution in [-0.4, -0.2) is 11.1 Å². The number of nitrogens with zero attached hydrogens (tertiary/aromatic N) is 1. The minimum absolute atomic E-state index is 0.187. The van der Waals surface area contributed by atoms with Crippen LogP contribution in [0.1, 0.15) is 38.1 Å². The highest BCUT2D eigenvalue weighted by molar-refractivity contribution is 7.07. The second-order valence-electron chi connectivity index (χ2n) is 4.79. The molecule has 3 nitrogen and oxygen atoms in total. The molecule has 0 aliphatic rings. The van der Waals surface area contributed by atoms with Crippen molar-refractivity contribution in [3.05, 3.63) is 46.4 Å². The normalized spacial score (nSPS) is 12.6. The maximum absolute atomic E-state index is 5.85. The summed E-state index contributed by atoms with van der Waals surface area (Å²) in [4.78, 5) is 4.28. The van der Waals surface area contributed by atoms with Crippen molar-refractivity contribution in [3.8, 4) is 5.75 Å². The Morgan fingerprint density at radius 1 is 1.26 bits per heavy atom. The maximum atomic E-state index is 5.85. The van der Waals surface area contributed by atoms with Crippen molar-refractivity contribution in [2.45, 2.75) is 39.5 Å². The van der Waals surface area contributed by atoms with Gasteiger partial charge in [0.05, 0.1) is 17.3 Å². The van der Waals surface area contributed by atoms with E-state index >= 15 is 0 Å². The lowest BCUT2D eigenvalue weighted by Crippen LogP contribution is -2.19. The van der Waals surface area contributed by atoms with Gasteiger partial charge in [0.1, 0.15) is 5.75 Å². The number of nitrogens with one attached hydrogen (secondary N) is 1. The van der Waals surface area contributed by atoms with Crippen molar-refractivity contribution in [3.63, 3.8) is 0 Å². The van der Waals surface area contributed by atoms with Gasteiger partial charge in [-0.25, -0.2) is 4.98 Å². The smallest absolute Gasteiger partial charge is 0.124 e. The molecule has 1 N–H and O–H groups in total. The van der Waals surface area contributed by atoms with E-state index < -0.39 is 0 Å². The molecule has 2 rings (SSSR count). The molecule has 1 aromatic carbocycles. The van der Waals surface area contributed by atoms with E-state index in [0.717, 1.165) is 18.0 Å². The van der Waals surface area contributed by atoms with E-state index in [-0.39, 0.29) is 12.1 Å². The van der Waals surface area contributed by atoms with Crippen LogP contribution in [0.15, 0.2) is 35.2 Å². The Bertz CT molecular complexity index is 497. The molecule has 0 radical (unpaired) electrons. The molecule has 102 valence electrons. The Labute approximate surface area is 118 Å². The fourth-order valence-electron chi connectivity index (χ4n) is 1.89. The SMILES string of the molecule is CC(C)Oc1ccccc1C(C)NCc1cscn1. The van der Waals surface area contributed by atoms with Crippen LogP contribution in [0.4, 0.5) is 0 Å². The molecular weight excluding hydrogens is 256 g/mol. The van der Waals surface area contributed by atoms with Gasteiger partial charge in [0.25, 0.3) is 0 Å². The molecule has 1 atom stereocenters. The zero-order chi connectivity index (χ0) is 13.7. The molecule has 1 heterocycles. The molecule has 0 aliphatic heterocycles. The van der Waals surface area contributed by atoms with E-state index in [9.17, 15) is 0 Å². The van der Waals surface area contributed by atoms with E-state index in [1.54, 1.807) is 11.3 Å². The zero-order valence-corrected chi connectivity index (χ0v) is 12.4. The molecular formula is C15H20N2OS. The topological polar surface area (TPSA) is 34.1 Å². The number of benzene rings is 1. The van der Waals surface area contributed by atoms with Crippen LogP contribution in [0.3, 0.4) is 0 Å². The number of hydrogen-bond donors (Lipinski definition) is 1. The second kappa shape index (κ2) is 6.68. The first-order valence-electron chi connectivity index (χ1n) is 6.53. The summed E-state index contributed by atoms with van der Waals surface area (Å²) in [6, 6.07) is 8.42. The molecule has 1 unspecified atom stereocenters. The van der Waals surface area contributed by atoms with Gasteiger partial charge in [-0.15, -0.1) is 11.3 Å². The van der Waals surface area contributed by atoms with Gasteiger partial charge in [-0.3, -0.25) is 0 Å². The van der Waals surface area contributed by atoms with Gasteiger partial charge in [0, 0.05) is 23.5 Å². The van der Waals surface area contributed by atoms with E-state index in [2.05, 4.69) is 28.7 Å². The van der Waals surface area contributed by atoms with Crippen LogP contribution in [0.2, 0.25) is 0 Å². The molecule has 0 spiro atoms. The van der Waals surface area contributed by atoms with Crippen LogP contribution in [0, 0.1) is 0 Å². The number of aromatic nitrogens is 1. The lowest BCUT2D eigenvalue weighted by Gasteiger charge is -2.19. The van der Waals surface area contributed by atoms with Crippen LogP contribution >= 0.6 is 11.3 Å². The Kier molecular flexibility index (Phi) is 4.93. The van der Waals surface area contributed by atoms with E-state index in [0.29, 0.717) is 0 Å². The minimum Gasteiger partial charge on any atom is -0.491 e. The summed E-state index contributed by atoms with van der Waals surface area (Å²) in [5, 5.41) is 5.54. The Morgan fingerprint density at radius 2 is 2.05 bits per heavy atom. The second-order valence-corrected chi connectivity index (χ2v) is 5.51. The predicted octanol–water partition coefficient (Wildman–Crippen LogP) is 3.78. The largest absolute Gasteiger partial charge is 0.491 e. The number of thiazole rings is 1. The van der Waals surface area contributed by atoms with Crippen LogP contribution in [0.5, 0.6) is 5.75 Å². The highest BCUT2D eigenvalue weighted by atomic mass is 32.1. The highest BCUT2D eigenvalue weighted by Crippen LogP contribution is 2.25. The number of ether oxygens (including phenoxy) is 1. The van der Waals surface area contributed by atoms with Crippen molar-refractivity contribution in [1.29, 1.82) is 0 Å². The number of hydrogen-bond acceptors (Lipinski definition) is 4. The molecule has 19 heavy (non-hydrogen) atoms. The summed E-state index contributed by atoms with van der Waals surface area (Å²) in [6.45, 7) is 7.02. The summed E-state index contributed by atoms with van der Waals surface area (Å²) >= 11 is 1.62. The third-order valence-electron chi connectivity index (χ3n) is 2.82. The van der Waals surface area contributed by atoms with E-state index in [4.69, 9.17) is 4.74 Å².